The Morgan fingerprint density at radius 3 is 2.28 bits per heavy atom. The number of halogens is 2. The molecule has 3 aromatic rings. The highest BCUT2D eigenvalue weighted by Gasteiger charge is 2.32. The van der Waals surface area contributed by atoms with Gasteiger partial charge in [-0.05, 0) is 67.9 Å². The van der Waals surface area contributed by atoms with Crippen LogP contribution < -0.4 is 9.62 Å². The molecular weight excluding hydrogens is 566 g/mol. The van der Waals surface area contributed by atoms with Crippen molar-refractivity contribution in [2.45, 2.75) is 31.3 Å². The van der Waals surface area contributed by atoms with Crippen molar-refractivity contribution in [3.05, 3.63) is 93.9 Å². The third-order valence-electron chi connectivity index (χ3n) is 5.48. The molecule has 0 saturated carbocycles. The lowest BCUT2D eigenvalue weighted by atomic mass is 10.1. The number of sulfonamides is 1. The zero-order valence-corrected chi connectivity index (χ0v) is 23.1. The largest absolute Gasteiger partial charge is 0.355 e. The zero-order chi connectivity index (χ0) is 26.3. The van der Waals surface area contributed by atoms with E-state index in [1.165, 1.54) is 29.2 Å². The number of nitrogens with one attached hydrogen (secondary N) is 1. The molecule has 0 unspecified atom stereocenters. The summed E-state index contributed by atoms with van der Waals surface area (Å²) in [7, 11) is -4.12. The summed E-state index contributed by atoms with van der Waals surface area (Å²) in [6.45, 7) is 3.46. The van der Waals surface area contributed by atoms with Gasteiger partial charge in [0.2, 0.25) is 11.8 Å². The Balaban J connectivity index is 2.00. The minimum atomic E-state index is -4.12. The van der Waals surface area contributed by atoms with Crippen LogP contribution in [-0.2, 0) is 26.2 Å². The van der Waals surface area contributed by atoms with Crippen LogP contribution in [0.4, 0.5) is 5.69 Å². The fourth-order valence-electron chi connectivity index (χ4n) is 3.59. The van der Waals surface area contributed by atoms with Crippen molar-refractivity contribution >= 4 is 55.1 Å². The molecule has 10 heteroatoms. The summed E-state index contributed by atoms with van der Waals surface area (Å²) in [5, 5.41) is 3.13. The molecule has 0 aliphatic carbocycles. The van der Waals surface area contributed by atoms with E-state index in [0.717, 1.165) is 14.3 Å². The molecule has 7 nitrogen and oxygen atoms in total. The second-order valence-electron chi connectivity index (χ2n) is 8.02. The van der Waals surface area contributed by atoms with Crippen molar-refractivity contribution < 1.29 is 18.0 Å². The molecule has 0 aromatic heterocycles. The summed E-state index contributed by atoms with van der Waals surface area (Å²) in [4.78, 5) is 27.8. The van der Waals surface area contributed by atoms with E-state index >= 15 is 0 Å². The summed E-state index contributed by atoms with van der Waals surface area (Å²) in [6, 6.07) is 20.7. The lowest BCUT2D eigenvalue weighted by Gasteiger charge is -2.32. The van der Waals surface area contributed by atoms with E-state index in [4.69, 9.17) is 11.6 Å². The molecule has 3 rings (SSSR count). The lowest BCUT2D eigenvalue weighted by Crippen LogP contribution is -2.51. The van der Waals surface area contributed by atoms with Gasteiger partial charge < -0.3 is 10.2 Å². The van der Waals surface area contributed by atoms with Crippen molar-refractivity contribution in [2.24, 2.45) is 0 Å². The first-order valence-corrected chi connectivity index (χ1v) is 13.9. The normalized spacial score (nSPS) is 12.0. The third kappa shape index (κ3) is 6.87. The number of nitrogens with zero attached hydrogens (tertiary/aromatic N) is 2. The van der Waals surface area contributed by atoms with Crippen molar-refractivity contribution in [1.29, 1.82) is 0 Å². The number of para-hydroxylation sites is 1. The molecule has 0 saturated heterocycles. The minimum absolute atomic E-state index is 0.00105. The third-order valence-corrected chi connectivity index (χ3v) is 8.02. The van der Waals surface area contributed by atoms with Crippen LogP contribution in [-0.4, -0.2) is 44.3 Å². The Labute approximate surface area is 225 Å². The first kappa shape index (κ1) is 27.7. The van der Waals surface area contributed by atoms with Crippen LogP contribution in [0.2, 0.25) is 5.02 Å². The first-order valence-electron chi connectivity index (χ1n) is 11.3. The second-order valence-corrected chi connectivity index (χ2v) is 11.2. The number of anilines is 1. The molecular formula is C26H27BrClN3O4S. The van der Waals surface area contributed by atoms with Gasteiger partial charge in [-0.3, -0.25) is 13.9 Å². The summed E-state index contributed by atoms with van der Waals surface area (Å²) in [5.41, 5.74) is 1.12. The van der Waals surface area contributed by atoms with Gasteiger partial charge in [0.1, 0.15) is 12.6 Å². The summed E-state index contributed by atoms with van der Waals surface area (Å²) >= 11 is 9.38. The molecule has 0 heterocycles. The highest BCUT2D eigenvalue weighted by Crippen LogP contribution is 2.25. The highest BCUT2D eigenvalue weighted by atomic mass is 79.9. The Morgan fingerprint density at radius 2 is 1.67 bits per heavy atom. The number of rotatable bonds is 10. The predicted octanol–water partition coefficient (Wildman–Crippen LogP) is 4.85. The van der Waals surface area contributed by atoms with Crippen molar-refractivity contribution in [3.63, 3.8) is 0 Å². The fraction of sp³-hybridized carbons (Fsp3) is 0.231. The molecule has 0 aliphatic rings. The number of carbonyl (C=O) groups excluding carboxylic acids is 2. The second kappa shape index (κ2) is 12.4. The number of benzene rings is 3. The van der Waals surface area contributed by atoms with Gasteiger partial charge in [-0.2, -0.15) is 0 Å². The molecule has 0 aliphatic heterocycles. The number of hydrogen-bond acceptors (Lipinski definition) is 4. The highest BCUT2D eigenvalue weighted by molar-refractivity contribution is 9.10. The lowest BCUT2D eigenvalue weighted by molar-refractivity contribution is -0.139. The maximum atomic E-state index is 13.7. The molecule has 1 N–H and O–H groups in total. The van der Waals surface area contributed by atoms with Crippen LogP contribution in [0.25, 0.3) is 0 Å². The Kier molecular flexibility index (Phi) is 9.53. The Bertz CT molecular complexity index is 1300. The topological polar surface area (TPSA) is 86.8 Å². The van der Waals surface area contributed by atoms with E-state index in [1.54, 1.807) is 44.2 Å². The average Bonchev–Trinajstić information content (AvgIpc) is 2.86. The van der Waals surface area contributed by atoms with Gasteiger partial charge in [0.05, 0.1) is 10.6 Å². The minimum Gasteiger partial charge on any atom is -0.355 e. The standard InChI is InChI=1S/C26H27BrClN3O4S/c1-3-29-26(33)19(2)30(17-20-8-7-9-21(27)16-20)25(32)18-31(23-10-5-4-6-11-23)36(34,35)24-14-12-22(28)13-15-24/h4-16,19H,3,17-18H2,1-2H3,(H,29,33)/t19-/m0/s1. The first-order chi connectivity index (χ1) is 17.1. The quantitative estimate of drug-likeness (QED) is 0.365. The molecule has 2 amide bonds. The van der Waals surface area contributed by atoms with Gasteiger partial charge in [0.25, 0.3) is 10.0 Å². The zero-order valence-electron chi connectivity index (χ0n) is 19.9. The van der Waals surface area contributed by atoms with Gasteiger partial charge in [-0.25, -0.2) is 8.42 Å². The Morgan fingerprint density at radius 1 is 1.00 bits per heavy atom. The summed E-state index contributed by atoms with van der Waals surface area (Å²) < 4.78 is 29.2. The fourth-order valence-corrected chi connectivity index (χ4v) is 5.58. The maximum Gasteiger partial charge on any atom is 0.264 e. The molecule has 0 spiro atoms. The van der Waals surface area contributed by atoms with E-state index in [0.29, 0.717) is 17.3 Å². The SMILES string of the molecule is CCNC(=O)[C@H](C)N(Cc1cccc(Br)c1)C(=O)CN(c1ccccc1)S(=O)(=O)c1ccc(Cl)cc1. The predicted molar refractivity (Wildman–Crippen MR) is 145 cm³/mol. The van der Waals surface area contributed by atoms with Crippen LogP contribution >= 0.6 is 27.5 Å². The van der Waals surface area contributed by atoms with Crippen LogP contribution in [0.5, 0.6) is 0 Å². The molecule has 0 fully saturated rings. The number of hydrogen-bond donors (Lipinski definition) is 1. The van der Waals surface area contributed by atoms with E-state index in [9.17, 15) is 18.0 Å². The average molecular weight is 593 g/mol. The number of likely N-dealkylation sites (N-methyl/N-ethyl adjacent to an activating group) is 1. The molecule has 0 bridgehead atoms. The summed E-state index contributed by atoms with van der Waals surface area (Å²) in [6.07, 6.45) is 0. The molecule has 1 atom stereocenters. The Hall–Kier alpha value is -2.88. The van der Waals surface area contributed by atoms with Crippen molar-refractivity contribution in [2.75, 3.05) is 17.4 Å². The van der Waals surface area contributed by atoms with Crippen molar-refractivity contribution in [1.82, 2.24) is 10.2 Å². The molecule has 190 valence electrons. The van der Waals surface area contributed by atoms with Crippen LogP contribution in [0.3, 0.4) is 0 Å². The monoisotopic (exact) mass is 591 g/mol. The van der Waals surface area contributed by atoms with Gasteiger partial charge >= 0.3 is 0 Å². The van der Waals surface area contributed by atoms with Crippen LogP contribution in [0.15, 0.2) is 88.2 Å². The van der Waals surface area contributed by atoms with Crippen LogP contribution in [0.1, 0.15) is 19.4 Å². The molecule has 0 radical (unpaired) electrons. The molecule has 3 aromatic carbocycles. The van der Waals surface area contributed by atoms with E-state index in [2.05, 4.69) is 21.2 Å². The van der Waals surface area contributed by atoms with E-state index in [-0.39, 0.29) is 17.3 Å². The van der Waals surface area contributed by atoms with Gasteiger partial charge in [0, 0.05) is 22.6 Å². The molecule has 36 heavy (non-hydrogen) atoms. The van der Waals surface area contributed by atoms with Gasteiger partial charge in [-0.15, -0.1) is 0 Å². The van der Waals surface area contributed by atoms with E-state index < -0.39 is 28.5 Å². The number of amides is 2. The van der Waals surface area contributed by atoms with Crippen molar-refractivity contribution in [3.8, 4) is 0 Å². The summed E-state index contributed by atoms with van der Waals surface area (Å²) in [5.74, 6) is -0.845. The van der Waals surface area contributed by atoms with E-state index in [1.807, 2.05) is 24.3 Å². The maximum absolute atomic E-state index is 13.7. The van der Waals surface area contributed by atoms with Crippen LogP contribution in [0, 0.1) is 0 Å². The van der Waals surface area contributed by atoms with Gasteiger partial charge in [0.15, 0.2) is 0 Å². The number of carbonyl (C=O) groups is 2. The smallest absolute Gasteiger partial charge is 0.264 e. The van der Waals surface area contributed by atoms with Gasteiger partial charge in [-0.1, -0.05) is 57.9 Å².